The van der Waals surface area contributed by atoms with Gasteiger partial charge in [-0.2, -0.15) is 0 Å². The van der Waals surface area contributed by atoms with Crippen molar-refractivity contribution in [1.29, 1.82) is 0 Å². The fourth-order valence-corrected chi connectivity index (χ4v) is 3.29. The quantitative estimate of drug-likeness (QED) is 0.820. The molecule has 10 heteroatoms. The van der Waals surface area contributed by atoms with E-state index in [2.05, 4.69) is 15.5 Å². The molecule has 2 amide bonds. The van der Waals surface area contributed by atoms with Crippen LogP contribution in [0.2, 0.25) is 0 Å². The molecule has 0 spiro atoms. The van der Waals surface area contributed by atoms with Crippen LogP contribution in [0.3, 0.4) is 0 Å². The van der Waals surface area contributed by atoms with Gasteiger partial charge < -0.3 is 15.8 Å². The zero-order valence-corrected chi connectivity index (χ0v) is 15.0. The van der Waals surface area contributed by atoms with Crippen molar-refractivity contribution in [3.63, 3.8) is 0 Å². The molecule has 0 radical (unpaired) electrons. The lowest BCUT2D eigenvalue weighted by atomic mass is 10.2. The van der Waals surface area contributed by atoms with E-state index in [1.807, 2.05) is 0 Å². The van der Waals surface area contributed by atoms with Crippen LogP contribution in [-0.4, -0.2) is 41.4 Å². The van der Waals surface area contributed by atoms with E-state index in [9.17, 15) is 14.0 Å². The van der Waals surface area contributed by atoms with Crippen LogP contribution in [0.4, 0.5) is 14.9 Å². The number of carbonyl (C=O) groups is 2. The highest BCUT2D eigenvalue weighted by Gasteiger charge is 2.32. The maximum atomic E-state index is 14.5. The second kappa shape index (κ2) is 7.34. The standard InChI is InChI=1S/C16H18FN5O3S/c1-8(18)14-20-21-15(26-14)12-4-3-10(5-13(12)17)22-7-11(25-16(22)24)6-19-9(2)23/h3-5,8,11H,6-7,18H2,1-2H3,(H,19,23)/t8-,11?/m1/s1. The summed E-state index contributed by atoms with van der Waals surface area (Å²) in [6, 6.07) is 4.14. The summed E-state index contributed by atoms with van der Waals surface area (Å²) in [6.07, 6.45) is -1.06. The van der Waals surface area contributed by atoms with Crippen molar-refractivity contribution in [3.8, 4) is 10.6 Å². The zero-order chi connectivity index (χ0) is 18.8. The highest BCUT2D eigenvalue weighted by Crippen LogP contribution is 2.31. The third-order valence-electron chi connectivity index (χ3n) is 3.78. The Balaban J connectivity index is 1.76. The van der Waals surface area contributed by atoms with Crippen molar-refractivity contribution in [1.82, 2.24) is 15.5 Å². The normalized spacial score (nSPS) is 17.9. The Morgan fingerprint density at radius 1 is 1.54 bits per heavy atom. The smallest absolute Gasteiger partial charge is 0.414 e. The van der Waals surface area contributed by atoms with Gasteiger partial charge in [-0.25, -0.2) is 9.18 Å². The number of nitrogens with one attached hydrogen (secondary N) is 1. The lowest BCUT2D eigenvalue weighted by Crippen LogP contribution is -2.33. The highest BCUT2D eigenvalue weighted by atomic mass is 32.1. The van der Waals surface area contributed by atoms with Gasteiger partial charge in [0.1, 0.15) is 16.9 Å². The van der Waals surface area contributed by atoms with Crippen LogP contribution in [0.15, 0.2) is 18.2 Å². The summed E-state index contributed by atoms with van der Waals surface area (Å²) in [5.74, 6) is -0.730. The number of nitrogens with two attached hydrogens (primary N) is 1. The summed E-state index contributed by atoms with van der Waals surface area (Å²) in [4.78, 5) is 24.3. The number of amides is 2. The first kappa shape index (κ1) is 18.2. The number of ether oxygens (including phenoxy) is 1. The Morgan fingerprint density at radius 2 is 2.31 bits per heavy atom. The number of benzene rings is 1. The third kappa shape index (κ3) is 3.81. The molecule has 0 saturated carbocycles. The molecule has 2 atom stereocenters. The van der Waals surface area contributed by atoms with E-state index in [4.69, 9.17) is 10.5 Å². The van der Waals surface area contributed by atoms with E-state index < -0.39 is 18.0 Å². The molecular formula is C16H18FN5O3S. The molecule has 3 N–H and O–H groups in total. The molecule has 1 fully saturated rings. The molecule has 2 aromatic rings. The highest BCUT2D eigenvalue weighted by molar-refractivity contribution is 7.14. The van der Waals surface area contributed by atoms with Gasteiger partial charge in [-0.15, -0.1) is 10.2 Å². The molecule has 1 aromatic carbocycles. The SMILES string of the molecule is CC(=O)NCC1CN(c2ccc(-c3nnc([C@@H](C)N)s3)c(F)c2)C(=O)O1. The number of anilines is 1. The number of carbonyl (C=O) groups excluding carboxylic acids is 2. The maximum absolute atomic E-state index is 14.5. The molecular weight excluding hydrogens is 361 g/mol. The lowest BCUT2D eigenvalue weighted by Gasteiger charge is -2.14. The Kier molecular flexibility index (Phi) is 5.14. The number of cyclic esters (lactones) is 1. The van der Waals surface area contributed by atoms with E-state index in [0.717, 1.165) is 0 Å². The molecule has 0 bridgehead atoms. The Hall–Kier alpha value is -2.59. The molecule has 0 aliphatic carbocycles. The van der Waals surface area contributed by atoms with Crippen LogP contribution >= 0.6 is 11.3 Å². The van der Waals surface area contributed by atoms with Crippen molar-refractivity contribution in [2.75, 3.05) is 18.0 Å². The first-order valence-corrected chi connectivity index (χ1v) is 8.78. The molecule has 3 rings (SSSR count). The number of nitrogens with zero attached hydrogens (tertiary/aromatic N) is 3. The van der Waals surface area contributed by atoms with Crippen molar-refractivity contribution < 1.29 is 18.7 Å². The van der Waals surface area contributed by atoms with E-state index in [-0.39, 0.29) is 25.0 Å². The van der Waals surface area contributed by atoms with Crippen molar-refractivity contribution in [2.24, 2.45) is 5.73 Å². The molecule has 1 aromatic heterocycles. The summed E-state index contributed by atoms with van der Waals surface area (Å²) >= 11 is 1.22. The fourth-order valence-electron chi connectivity index (χ4n) is 2.47. The zero-order valence-electron chi connectivity index (χ0n) is 14.2. The van der Waals surface area contributed by atoms with Crippen LogP contribution in [0.1, 0.15) is 24.9 Å². The maximum Gasteiger partial charge on any atom is 0.414 e. The average molecular weight is 379 g/mol. The van der Waals surface area contributed by atoms with Crippen LogP contribution in [0, 0.1) is 5.82 Å². The number of rotatable bonds is 5. The average Bonchev–Trinajstić information content (AvgIpc) is 3.20. The minimum Gasteiger partial charge on any atom is -0.442 e. The Bertz CT molecular complexity index is 841. The summed E-state index contributed by atoms with van der Waals surface area (Å²) in [7, 11) is 0. The largest absolute Gasteiger partial charge is 0.442 e. The van der Waals surface area contributed by atoms with Gasteiger partial charge in [0.05, 0.1) is 24.8 Å². The first-order valence-electron chi connectivity index (χ1n) is 7.96. The van der Waals surface area contributed by atoms with E-state index >= 15 is 0 Å². The Labute approximate surface area is 153 Å². The van der Waals surface area contributed by atoms with E-state index in [1.54, 1.807) is 19.1 Å². The molecule has 1 saturated heterocycles. The summed E-state index contributed by atoms with van der Waals surface area (Å²) in [5.41, 5.74) is 6.42. The Morgan fingerprint density at radius 3 is 2.92 bits per heavy atom. The van der Waals surface area contributed by atoms with E-state index in [0.29, 0.717) is 21.3 Å². The van der Waals surface area contributed by atoms with Crippen LogP contribution < -0.4 is 16.0 Å². The van der Waals surface area contributed by atoms with Gasteiger partial charge in [-0.3, -0.25) is 9.69 Å². The monoisotopic (exact) mass is 379 g/mol. The van der Waals surface area contributed by atoms with E-state index in [1.165, 1.54) is 29.2 Å². The number of hydrogen-bond donors (Lipinski definition) is 2. The number of halogens is 1. The fraction of sp³-hybridized carbons (Fsp3) is 0.375. The van der Waals surface area contributed by atoms with Crippen molar-refractivity contribution in [3.05, 3.63) is 29.0 Å². The molecule has 138 valence electrons. The molecule has 8 nitrogen and oxygen atoms in total. The topological polar surface area (TPSA) is 110 Å². The van der Waals surface area contributed by atoms with Gasteiger partial charge in [0, 0.05) is 12.5 Å². The number of aromatic nitrogens is 2. The van der Waals surface area contributed by atoms with Crippen molar-refractivity contribution >= 4 is 29.0 Å². The van der Waals surface area contributed by atoms with Crippen molar-refractivity contribution in [2.45, 2.75) is 26.0 Å². The van der Waals surface area contributed by atoms with Crippen LogP contribution in [0.25, 0.3) is 10.6 Å². The lowest BCUT2D eigenvalue weighted by molar-refractivity contribution is -0.119. The van der Waals surface area contributed by atoms with Crippen LogP contribution in [-0.2, 0) is 9.53 Å². The molecule has 1 aliphatic rings. The predicted molar refractivity (Wildman–Crippen MR) is 94.2 cm³/mol. The van der Waals surface area contributed by atoms with Gasteiger partial charge in [-0.05, 0) is 25.1 Å². The van der Waals surface area contributed by atoms with Gasteiger partial charge >= 0.3 is 6.09 Å². The predicted octanol–water partition coefficient (Wildman–Crippen LogP) is 1.83. The molecule has 1 unspecified atom stereocenters. The van der Waals surface area contributed by atoms with Gasteiger partial charge in [0.25, 0.3) is 0 Å². The van der Waals surface area contributed by atoms with Gasteiger partial charge in [0.2, 0.25) is 5.91 Å². The van der Waals surface area contributed by atoms with Gasteiger partial charge in [0.15, 0.2) is 5.01 Å². The summed E-state index contributed by atoms with van der Waals surface area (Å²) in [5, 5.41) is 11.5. The molecule has 2 heterocycles. The molecule has 1 aliphatic heterocycles. The summed E-state index contributed by atoms with van der Waals surface area (Å²) in [6.45, 7) is 3.60. The number of hydrogen-bond acceptors (Lipinski definition) is 7. The minimum atomic E-state index is -0.581. The third-order valence-corrected chi connectivity index (χ3v) is 4.94. The summed E-state index contributed by atoms with van der Waals surface area (Å²) < 4.78 is 19.7. The first-order chi connectivity index (χ1) is 12.3. The second-order valence-electron chi connectivity index (χ2n) is 5.95. The van der Waals surface area contributed by atoms with Crippen LogP contribution in [0.5, 0.6) is 0 Å². The second-order valence-corrected chi connectivity index (χ2v) is 6.96. The van der Waals surface area contributed by atoms with Gasteiger partial charge in [-0.1, -0.05) is 11.3 Å². The molecule has 26 heavy (non-hydrogen) atoms. The minimum absolute atomic E-state index is 0.210.